The molecular weight excluding hydrogens is 358 g/mol. The van der Waals surface area contributed by atoms with Gasteiger partial charge >= 0.3 is 0 Å². The molecule has 0 aliphatic rings. The summed E-state index contributed by atoms with van der Waals surface area (Å²) < 4.78 is 1.82. The van der Waals surface area contributed by atoms with Gasteiger partial charge in [0.1, 0.15) is 0 Å². The molecule has 2 nitrogen and oxygen atoms in total. The summed E-state index contributed by atoms with van der Waals surface area (Å²) >= 11 is 10.9. The fourth-order valence-electron chi connectivity index (χ4n) is 2.01. The highest BCUT2D eigenvalue weighted by Crippen LogP contribution is 2.24. The fraction of sp³-hybridized carbons (Fsp3) is 0.333. The Hall–Kier alpha value is -0.390. The zero-order valence-electron chi connectivity index (χ0n) is 11.2. The van der Waals surface area contributed by atoms with Crippen molar-refractivity contribution in [2.75, 3.05) is 13.6 Å². The third kappa shape index (κ3) is 4.86. The molecule has 0 radical (unpaired) electrons. The normalized spacial score (nSPS) is 12.8. The van der Waals surface area contributed by atoms with Crippen LogP contribution in [0.5, 0.6) is 0 Å². The monoisotopic (exact) mass is 373 g/mol. The van der Waals surface area contributed by atoms with Gasteiger partial charge in [0.25, 0.3) is 0 Å². The van der Waals surface area contributed by atoms with Crippen molar-refractivity contribution >= 4 is 38.9 Å². The van der Waals surface area contributed by atoms with Crippen molar-refractivity contribution in [3.63, 3.8) is 0 Å². The Morgan fingerprint density at radius 1 is 1.35 bits per heavy atom. The van der Waals surface area contributed by atoms with Crippen molar-refractivity contribution < 1.29 is 5.11 Å². The number of rotatable bonds is 6. The summed E-state index contributed by atoms with van der Waals surface area (Å²) in [6, 6.07) is 11.8. The van der Waals surface area contributed by atoms with Crippen LogP contribution in [0.3, 0.4) is 0 Å². The molecule has 20 heavy (non-hydrogen) atoms. The zero-order valence-corrected chi connectivity index (χ0v) is 14.4. The van der Waals surface area contributed by atoms with E-state index >= 15 is 0 Å². The molecule has 0 spiro atoms. The number of benzene rings is 1. The Kier molecular flexibility index (Phi) is 6.05. The second kappa shape index (κ2) is 7.57. The van der Waals surface area contributed by atoms with Crippen LogP contribution < -0.4 is 0 Å². The summed E-state index contributed by atoms with van der Waals surface area (Å²) in [6.45, 7) is 1.70. The van der Waals surface area contributed by atoms with Crippen molar-refractivity contribution in [1.82, 2.24) is 4.90 Å². The van der Waals surface area contributed by atoms with Crippen LogP contribution in [0.15, 0.2) is 40.9 Å². The van der Waals surface area contributed by atoms with E-state index in [1.54, 1.807) is 11.3 Å². The van der Waals surface area contributed by atoms with E-state index in [0.29, 0.717) is 6.42 Å². The number of hydrogen-bond acceptors (Lipinski definition) is 3. The van der Waals surface area contributed by atoms with Gasteiger partial charge in [0, 0.05) is 22.4 Å². The molecule has 0 fully saturated rings. The third-order valence-corrected chi connectivity index (χ3v) is 4.78. The topological polar surface area (TPSA) is 23.5 Å². The summed E-state index contributed by atoms with van der Waals surface area (Å²) in [5, 5.41) is 10.2. The molecular formula is C15H17BrClNOS. The predicted molar refractivity (Wildman–Crippen MR) is 89.4 cm³/mol. The number of halogens is 2. The lowest BCUT2D eigenvalue weighted by Crippen LogP contribution is -2.20. The van der Waals surface area contributed by atoms with Crippen LogP contribution >= 0.6 is 38.9 Å². The van der Waals surface area contributed by atoms with E-state index in [4.69, 9.17) is 11.6 Å². The number of aliphatic hydroxyl groups is 1. The highest BCUT2D eigenvalue weighted by Gasteiger charge is 2.10. The van der Waals surface area contributed by atoms with E-state index in [2.05, 4.69) is 27.9 Å². The van der Waals surface area contributed by atoms with Crippen molar-refractivity contribution in [2.45, 2.75) is 19.1 Å². The summed E-state index contributed by atoms with van der Waals surface area (Å²) in [6.07, 6.45) is 0.286. The Morgan fingerprint density at radius 3 is 2.80 bits per heavy atom. The minimum absolute atomic E-state index is 0.429. The van der Waals surface area contributed by atoms with Crippen LogP contribution in [-0.2, 0) is 6.54 Å². The Bertz CT molecular complexity index is 560. The van der Waals surface area contributed by atoms with Gasteiger partial charge in [0.2, 0.25) is 0 Å². The lowest BCUT2D eigenvalue weighted by molar-refractivity contribution is 0.148. The molecule has 108 valence electrons. The zero-order chi connectivity index (χ0) is 14.5. The molecule has 0 aliphatic carbocycles. The molecule has 2 aromatic rings. The summed E-state index contributed by atoms with van der Waals surface area (Å²) in [4.78, 5) is 3.44. The fourth-order valence-corrected chi connectivity index (χ4v) is 3.59. The van der Waals surface area contributed by atoms with Crippen molar-refractivity contribution in [1.29, 1.82) is 0 Å². The summed E-state index contributed by atoms with van der Waals surface area (Å²) in [7, 11) is 2.06. The first-order chi connectivity index (χ1) is 9.54. The quantitative estimate of drug-likeness (QED) is 0.791. The molecule has 1 atom stereocenters. The van der Waals surface area contributed by atoms with Crippen LogP contribution in [-0.4, -0.2) is 23.6 Å². The first-order valence-electron chi connectivity index (χ1n) is 6.41. The van der Waals surface area contributed by atoms with Gasteiger partial charge in [-0.15, -0.1) is 11.3 Å². The molecule has 1 unspecified atom stereocenters. The second-order valence-corrected chi connectivity index (χ2v) is 7.52. The molecule has 5 heteroatoms. The molecule has 0 aliphatic heterocycles. The maximum atomic E-state index is 10.2. The lowest BCUT2D eigenvalue weighted by Gasteiger charge is -2.18. The van der Waals surface area contributed by atoms with Gasteiger partial charge in [0.05, 0.1) is 10.4 Å². The molecule has 0 amide bonds. The van der Waals surface area contributed by atoms with Gasteiger partial charge in [-0.1, -0.05) is 39.7 Å². The number of thiophene rings is 1. The average Bonchev–Trinajstić information content (AvgIpc) is 2.81. The number of hydrogen-bond donors (Lipinski definition) is 1. The molecule has 1 N–H and O–H groups in total. The lowest BCUT2D eigenvalue weighted by atomic mass is 10.1. The van der Waals surface area contributed by atoms with Gasteiger partial charge < -0.3 is 10.0 Å². The highest BCUT2D eigenvalue weighted by atomic mass is 79.9. The molecule has 0 bridgehead atoms. The van der Waals surface area contributed by atoms with E-state index < -0.39 is 6.10 Å². The predicted octanol–water partition coefficient (Wildman–Crippen LogP) is 4.72. The van der Waals surface area contributed by atoms with E-state index in [9.17, 15) is 5.11 Å². The van der Waals surface area contributed by atoms with Crippen LogP contribution in [0.4, 0.5) is 0 Å². The van der Waals surface area contributed by atoms with Crippen LogP contribution in [0.1, 0.15) is 23.0 Å². The largest absolute Gasteiger partial charge is 0.388 e. The average molecular weight is 375 g/mol. The minimum Gasteiger partial charge on any atom is -0.388 e. The van der Waals surface area contributed by atoms with Crippen molar-refractivity contribution in [2.24, 2.45) is 0 Å². The van der Waals surface area contributed by atoms with Gasteiger partial charge in [-0.05, 0) is 43.3 Å². The van der Waals surface area contributed by atoms with Crippen LogP contribution in [0, 0.1) is 0 Å². The molecule has 1 aromatic heterocycles. The Labute approximate surface area is 137 Å². The van der Waals surface area contributed by atoms with E-state index in [0.717, 1.165) is 27.5 Å². The van der Waals surface area contributed by atoms with Crippen LogP contribution in [0.2, 0.25) is 4.34 Å². The standard InChI is InChI=1S/C15H17BrClNOS/c1-18(10-13-5-6-15(17)20-13)8-7-14(19)11-3-2-4-12(16)9-11/h2-6,9,14,19H,7-8,10H2,1H3. The van der Waals surface area contributed by atoms with Crippen molar-refractivity contribution in [3.8, 4) is 0 Å². The number of nitrogens with zero attached hydrogens (tertiary/aromatic N) is 1. The summed E-state index contributed by atoms with van der Waals surface area (Å²) in [5.74, 6) is 0. The number of aliphatic hydroxyl groups excluding tert-OH is 1. The van der Waals surface area contributed by atoms with E-state index in [1.807, 2.05) is 36.4 Å². The highest BCUT2D eigenvalue weighted by molar-refractivity contribution is 9.10. The molecule has 2 rings (SSSR count). The third-order valence-electron chi connectivity index (χ3n) is 3.07. The van der Waals surface area contributed by atoms with Gasteiger partial charge in [0.15, 0.2) is 0 Å². The maximum Gasteiger partial charge on any atom is 0.0931 e. The van der Waals surface area contributed by atoms with Gasteiger partial charge in [-0.25, -0.2) is 0 Å². The minimum atomic E-state index is -0.429. The molecule has 0 saturated heterocycles. The first-order valence-corrected chi connectivity index (χ1v) is 8.39. The molecule has 0 saturated carbocycles. The van der Waals surface area contributed by atoms with E-state index in [-0.39, 0.29) is 0 Å². The van der Waals surface area contributed by atoms with Gasteiger partial charge in [-0.2, -0.15) is 0 Å². The van der Waals surface area contributed by atoms with Crippen LogP contribution in [0.25, 0.3) is 0 Å². The summed E-state index contributed by atoms with van der Waals surface area (Å²) in [5.41, 5.74) is 0.951. The smallest absolute Gasteiger partial charge is 0.0931 e. The van der Waals surface area contributed by atoms with E-state index in [1.165, 1.54) is 4.88 Å². The van der Waals surface area contributed by atoms with Crippen molar-refractivity contribution in [3.05, 3.63) is 55.6 Å². The second-order valence-electron chi connectivity index (χ2n) is 4.80. The van der Waals surface area contributed by atoms with Gasteiger partial charge in [-0.3, -0.25) is 0 Å². The first kappa shape index (κ1) is 16.0. The Morgan fingerprint density at radius 2 is 2.15 bits per heavy atom. The SMILES string of the molecule is CN(CCC(O)c1cccc(Br)c1)Cc1ccc(Cl)s1. The molecule has 1 heterocycles. The maximum absolute atomic E-state index is 10.2. The molecule has 1 aromatic carbocycles. The Balaban J connectivity index is 1.82.